The van der Waals surface area contributed by atoms with Gasteiger partial charge < -0.3 is 4.74 Å². The summed E-state index contributed by atoms with van der Waals surface area (Å²) >= 11 is 3.82. The third kappa shape index (κ3) is 3.11. The first-order chi connectivity index (χ1) is 8.60. The van der Waals surface area contributed by atoms with Gasteiger partial charge in [0.25, 0.3) is 0 Å². The maximum Gasteiger partial charge on any atom is 0.168 e. The highest BCUT2D eigenvalue weighted by Crippen LogP contribution is 2.23. The fourth-order valence-electron chi connectivity index (χ4n) is 1.78. The highest BCUT2D eigenvalue weighted by molar-refractivity contribution is 14.1. The van der Waals surface area contributed by atoms with Crippen LogP contribution in [0.15, 0.2) is 29.6 Å². The zero-order valence-electron chi connectivity index (χ0n) is 10.2. The predicted octanol–water partition coefficient (Wildman–Crippen LogP) is 4.10. The van der Waals surface area contributed by atoms with Crippen molar-refractivity contribution < 1.29 is 9.53 Å². The maximum absolute atomic E-state index is 12.2. The van der Waals surface area contributed by atoms with Gasteiger partial charge in [-0.15, -0.1) is 11.3 Å². The van der Waals surface area contributed by atoms with Crippen LogP contribution in [0.2, 0.25) is 0 Å². The monoisotopic (exact) mass is 372 g/mol. The van der Waals surface area contributed by atoms with Gasteiger partial charge in [-0.1, -0.05) is 17.7 Å². The number of carbonyl (C=O) groups excluding carboxylic acids is 1. The van der Waals surface area contributed by atoms with Crippen LogP contribution in [-0.2, 0) is 6.42 Å². The number of aryl methyl sites for hydroxylation is 1. The molecule has 4 heteroatoms. The van der Waals surface area contributed by atoms with E-state index in [0.717, 1.165) is 25.3 Å². The minimum Gasteiger partial charge on any atom is -0.496 e. The van der Waals surface area contributed by atoms with Gasteiger partial charge in [-0.3, -0.25) is 4.79 Å². The smallest absolute Gasteiger partial charge is 0.168 e. The molecule has 0 aliphatic heterocycles. The number of thiophene rings is 1. The molecule has 2 rings (SSSR count). The topological polar surface area (TPSA) is 26.3 Å². The summed E-state index contributed by atoms with van der Waals surface area (Å²) in [5, 5.41) is 1.91. The molecule has 1 aromatic heterocycles. The maximum atomic E-state index is 12.2. The van der Waals surface area contributed by atoms with Gasteiger partial charge in [-0.2, -0.15) is 0 Å². The minimum atomic E-state index is 0.137. The van der Waals surface area contributed by atoms with Crippen molar-refractivity contribution in [3.05, 3.63) is 49.2 Å². The Morgan fingerprint density at radius 1 is 1.39 bits per heavy atom. The highest BCUT2D eigenvalue weighted by Gasteiger charge is 2.12. The fourth-order valence-corrected chi connectivity index (χ4v) is 3.13. The molecule has 2 nitrogen and oxygen atoms in total. The quantitative estimate of drug-likeness (QED) is 0.597. The van der Waals surface area contributed by atoms with Crippen LogP contribution in [0.5, 0.6) is 5.75 Å². The van der Waals surface area contributed by atoms with Gasteiger partial charge >= 0.3 is 0 Å². The van der Waals surface area contributed by atoms with E-state index in [0.29, 0.717) is 6.42 Å². The molecule has 0 unspecified atom stereocenters. The van der Waals surface area contributed by atoms with Crippen LogP contribution in [0.1, 0.15) is 21.5 Å². The van der Waals surface area contributed by atoms with E-state index in [-0.39, 0.29) is 5.78 Å². The van der Waals surface area contributed by atoms with Crippen LogP contribution in [0, 0.1) is 9.81 Å². The molecule has 0 radical (unpaired) electrons. The van der Waals surface area contributed by atoms with E-state index in [9.17, 15) is 4.79 Å². The average Bonchev–Trinajstić information content (AvgIpc) is 2.76. The van der Waals surface area contributed by atoms with E-state index in [1.165, 1.54) is 0 Å². The van der Waals surface area contributed by atoms with E-state index in [1.54, 1.807) is 18.4 Å². The van der Waals surface area contributed by atoms with Crippen molar-refractivity contribution in [2.45, 2.75) is 13.3 Å². The summed E-state index contributed by atoms with van der Waals surface area (Å²) in [7, 11) is 1.63. The Hall–Kier alpha value is -0.880. The molecule has 0 spiro atoms. The van der Waals surface area contributed by atoms with Gasteiger partial charge in [0.1, 0.15) is 5.75 Å². The summed E-state index contributed by atoms with van der Waals surface area (Å²) in [6.45, 7) is 2.01. The Labute approximate surface area is 124 Å². The molecule has 0 saturated heterocycles. The molecule has 0 N–H and O–H groups in total. The Morgan fingerprint density at radius 2 is 2.17 bits per heavy atom. The average molecular weight is 372 g/mol. The fraction of sp³-hybridized carbons (Fsp3) is 0.214. The van der Waals surface area contributed by atoms with Gasteiger partial charge in [0, 0.05) is 22.9 Å². The summed E-state index contributed by atoms with van der Waals surface area (Å²) in [5.74, 6) is 0.914. The number of rotatable bonds is 4. The van der Waals surface area contributed by atoms with Crippen molar-refractivity contribution in [3.8, 4) is 5.75 Å². The highest BCUT2D eigenvalue weighted by atomic mass is 127. The van der Waals surface area contributed by atoms with Crippen molar-refractivity contribution in [3.63, 3.8) is 0 Å². The molecule has 0 fully saturated rings. The Bertz CT molecular complexity index is 575. The van der Waals surface area contributed by atoms with Crippen LogP contribution < -0.4 is 4.74 Å². The number of ether oxygens (including phenoxy) is 1. The summed E-state index contributed by atoms with van der Waals surface area (Å²) in [6.07, 6.45) is 0.387. The molecule has 1 aromatic carbocycles. The van der Waals surface area contributed by atoms with E-state index in [2.05, 4.69) is 22.6 Å². The van der Waals surface area contributed by atoms with Crippen molar-refractivity contribution in [1.29, 1.82) is 0 Å². The van der Waals surface area contributed by atoms with Crippen molar-refractivity contribution in [1.82, 2.24) is 0 Å². The summed E-state index contributed by atoms with van der Waals surface area (Å²) in [4.78, 5) is 12.2. The number of benzene rings is 1. The van der Waals surface area contributed by atoms with Crippen LogP contribution >= 0.6 is 33.9 Å². The minimum absolute atomic E-state index is 0.137. The first-order valence-corrected chi connectivity index (χ1v) is 7.46. The van der Waals surface area contributed by atoms with E-state index in [4.69, 9.17) is 4.74 Å². The zero-order chi connectivity index (χ0) is 13.1. The molecule has 0 aliphatic rings. The molecular weight excluding hydrogens is 359 g/mol. The van der Waals surface area contributed by atoms with Crippen molar-refractivity contribution in [2.75, 3.05) is 7.11 Å². The summed E-state index contributed by atoms with van der Waals surface area (Å²) in [5.41, 5.74) is 2.87. The molecule has 0 amide bonds. The van der Waals surface area contributed by atoms with Gasteiger partial charge in [0.15, 0.2) is 5.78 Å². The van der Waals surface area contributed by atoms with Crippen LogP contribution in [0.3, 0.4) is 0 Å². The molecule has 94 valence electrons. The molecular formula is C14H13IO2S. The Kier molecular flexibility index (Phi) is 4.40. The van der Waals surface area contributed by atoms with E-state index in [1.807, 2.05) is 36.6 Å². The van der Waals surface area contributed by atoms with Gasteiger partial charge in [0.2, 0.25) is 0 Å². The normalized spacial score (nSPS) is 10.4. The Morgan fingerprint density at radius 3 is 2.78 bits per heavy atom. The number of methoxy groups -OCH3 is 1. The standard InChI is InChI=1S/C14H13IO2S/c1-9-3-4-13(17-2)10(5-9)6-12(16)11-7-14(15)18-8-11/h3-5,7-8H,6H2,1-2H3. The number of ketones is 1. The van der Waals surface area contributed by atoms with Crippen molar-refractivity contribution >= 4 is 39.7 Å². The second kappa shape index (κ2) is 5.84. The van der Waals surface area contributed by atoms with Crippen LogP contribution in [0.4, 0.5) is 0 Å². The van der Waals surface area contributed by atoms with E-state index >= 15 is 0 Å². The molecule has 0 bridgehead atoms. The second-order valence-corrected chi connectivity index (χ2v) is 6.86. The number of hydrogen-bond acceptors (Lipinski definition) is 3. The van der Waals surface area contributed by atoms with Crippen LogP contribution in [0.25, 0.3) is 0 Å². The molecule has 2 aromatic rings. The van der Waals surface area contributed by atoms with Gasteiger partial charge in [0.05, 0.1) is 9.99 Å². The molecule has 0 aliphatic carbocycles. The second-order valence-electron chi connectivity index (χ2n) is 4.05. The first kappa shape index (κ1) is 13.5. The number of Topliss-reactive ketones (excluding diaryl/α,β-unsaturated/α-hetero) is 1. The van der Waals surface area contributed by atoms with Crippen LogP contribution in [-0.4, -0.2) is 12.9 Å². The lowest BCUT2D eigenvalue weighted by molar-refractivity contribution is 0.0992. The molecule has 18 heavy (non-hydrogen) atoms. The lowest BCUT2D eigenvalue weighted by Gasteiger charge is -2.08. The van der Waals surface area contributed by atoms with Crippen molar-refractivity contribution in [2.24, 2.45) is 0 Å². The number of carbonyl (C=O) groups is 1. The zero-order valence-corrected chi connectivity index (χ0v) is 13.2. The Balaban J connectivity index is 2.23. The lowest BCUT2D eigenvalue weighted by Crippen LogP contribution is -2.04. The molecule has 0 atom stereocenters. The first-order valence-electron chi connectivity index (χ1n) is 5.51. The molecule has 1 heterocycles. The summed E-state index contributed by atoms with van der Waals surface area (Å²) in [6, 6.07) is 7.83. The molecule has 0 saturated carbocycles. The third-order valence-electron chi connectivity index (χ3n) is 2.68. The number of halogens is 1. The largest absolute Gasteiger partial charge is 0.496 e. The van der Waals surface area contributed by atoms with Gasteiger partial charge in [-0.25, -0.2) is 0 Å². The SMILES string of the molecule is COc1ccc(C)cc1CC(=O)c1csc(I)c1. The third-order valence-corrected chi connectivity index (χ3v) is 4.47. The number of hydrogen-bond donors (Lipinski definition) is 0. The summed E-state index contributed by atoms with van der Waals surface area (Å²) < 4.78 is 6.42. The predicted molar refractivity (Wildman–Crippen MR) is 82.8 cm³/mol. The van der Waals surface area contributed by atoms with E-state index < -0.39 is 0 Å². The lowest BCUT2D eigenvalue weighted by atomic mass is 10.0. The van der Waals surface area contributed by atoms with Gasteiger partial charge in [-0.05, 0) is 41.6 Å².